The van der Waals surface area contributed by atoms with E-state index in [2.05, 4.69) is 4.98 Å². The molecule has 2 rings (SSSR count). The maximum Gasteiger partial charge on any atom is 0.309 e. The number of pyridine rings is 1. The number of aliphatic carboxylic acids is 1. The number of carbonyl (C=O) groups excluding carboxylic acids is 1. The lowest BCUT2D eigenvalue weighted by Crippen LogP contribution is -2.46. The molecule has 1 N–H and O–H groups in total. The number of carboxylic acid groups (broad SMARTS) is 1. The van der Waals surface area contributed by atoms with Gasteiger partial charge in [-0.2, -0.15) is 0 Å². The highest BCUT2D eigenvalue weighted by molar-refractivity contribution is 5.92. The third-order valence-electron chi connectivity index (χ3n) is 4.14. The Kier molecular flexibility index (Phi) is 4.55. The molecule has 0 saturated carbocycles. The molecule has 6 heteroatoms. The normalized spacial score (nSPS) is 17.5. The smallest absolute Gasteiger partial charge is 0.309 e. The molecule has 1 saturated heterocycles. The van der Waals surface area contributed by atoms with Crippen LogP contribution in [0.25, 0.3) is 0 Å². The number of nitrogens with zero attached hydrogens (tertiary/aromatic N) is 2. The molecule has 1 amide bonds. The minimum Gasteiger partial charge on any atom is -0.481 e. The highest BCUT2D eigenvalue weighted by Crippen LogP contribution is 2.36. The Morgan fingerprint density at radius 2 is 2.05 bits per heavy atom. The summed E-state index contributed by atoms with van der Waals surface area (Å²) in [5, 5.41) is 9.43. The van der Waals surface area contributed by atoms with Crippen molar-refractivity contribution in [3.63, 3.8) is 0 Å². The second-order valence-electron chi connectivity index (χ2n) is 5.49. The van der Waals surface area contributed by atoms with Crippen molar-refractivity contribution in [1.82, 2.24) is 9.88 Å². The maximum absolute atomic E-state index is 12.8. The van der Waals surface area contributed by atoms with E-state index in [0.29, 0.717) is 32.4 Å². The van der Waals surface area contributed by atoms with Gasteiger partial charge >= 0.3 is 5.97 Å². The van der Waals surface area contributed by atoms with Gasteiger partial charge < -0.3 is 10.0 Å². The summed E-state index contributed by atoms with van der Waals surface area (Å²) in [7, 11) is 0. The number of likely N-dealkylation sites (tertiary alicyclic amines) is 1. The van der Waals surface area contributed by atoms with Gasteiger partial charge in [0.1, 0.15) is 11.5 Å². The fourth-order valence-corrected chi connectivity index (χ4v) is 2.85. The van der Waals surface area contributed by atoms with Gasteiger partial charge in [-0.15, -0.1) is 0 Å². The molecule has 0 unspecified atom stereocenters. The van der Waals surface area contributed by atoms with Gasteiger partial charge in [0.05, 0.1) is 11.6 Å². The van der Waals surface area contributed by atoms with E-state index in [4.69, 9.17) is 0 Å². The number of halogens is 1. The Bertz CT molecular complexity index is 522. The van der Waals surface area contributed by atoms with Crippen LogP contribution in [0.5, 0.6) is 0 Å². The number of piperidine rings is 1. The number of carbonyl (C=O) groups is 2. The highest BCUT2D eigenvalue weighted by Gasteiger charge is 2.41. The van der Waals surface area contributed by atoms with Crippen LogP contribution in [0.15, 0.2) is 18.3 Å². The van der Waals surface area contributed by atoms with Crippen molar-refractivity contribution in [2.45, 2.75) is 32.6 Å². The molecule has 0 atom stereocenters. The Morgan fingerprint density at radius 3 is 2.52 bits per heavy atom. The average molecular weight is 294 g/mol. The monoisotopic (exact) mass is 294 g/mol. The Balaban J connectivity index is 2.04. The third kappa shape index (κ3) is 3.20. The second kappa shape index (κ2) is 6.20. The zero-order chi connectivity index (χ0) is 15.5. The molecule has 5 nitrogen and oxygen atoms in total. The lowest BCUT2D eigenvalue weighted by atomic mass is 9.75. The number of rotatable bonds is 4. The number of amides is 1. The molecule has 1 aromatic rings. The first kappa shape index (κ1) is 15.4. The van der Waals surface area contributed by atoms with Crippen LogP contribution in [-0.4, -0.2) is 40.0 Å². The van der Waals surface area contributed by atoms with E-state index in [9.17, 15) is 19.1 Å². The van der Waals surface area contributed by atoms with Crippen LogP contribution < -0.4 is 0 Å². The highest BCUT2D eigenvalue weighted by atomic mass is 19.1. The van der Waals surface area contributed by atoms with Gasteiger partial charge in [-0.1, -0.05) is 13.3 Å². The van der Waals surface area contributed by atoms with Crippen molar-refractivity contribution in [1.29, 1.82) is 0 Å². The zero-order valence-corrected chi connectivity index (χ0v) is 12.0. The van der Waals surface area contributed by atoms with Gasteiger partial charge in [0.2, 0.25) is 0 Å². The van der Waals surface area contributed by atoms with Crippen LogP contribution in [0.4, 0.5) is 4.39 Å². The van der Waals surface area contributed by atoms with Gasteiger partial charge in [-0.05, 0) is 31.4 Å². The Hall–Kier alpha value is -1.98. The Morgan fingerprint density at radius 1 is 1.38 bits per heavy atom. The molecule has 1 aliphatic rings. The number of hydrogen-bond donors (Lipinski definition) is 1. The molecule has 0 aliphatic carbocycles. The number of carboxylic acids is 1. The van der Waals surface area contributed by atoms with Crippen LogP contribution in [0.1, 0.15) is 43.1 Å². The van der Waals surface area contributed by atoms with Crippen molar-refractivity contribution in [3.8, 4) is 0 Å². The first-order valence-electron chi connectivity index (χ1n) is 7.13. The van der Waals surface area contributed by atoms with Crippen molar-refractivity contribution in [2.24, 2.45) is 5.41 Å². The van der Waals surface area contributed by atoms with E-state index < -0.39 is 17.2 Å². The summed E-state index contributed by atoms with van der Waals surface area (Å²) < 4.78 is 12.8. The third-order valence-corrected chi connectivity index (χ3v) is 4.14. The molecule has 1 aromatic heterocycles. The van der Waals surface area contributed by atoms with Gasteiger partial charge in [-0.3, -0.25) is 9.59 Å². The van der Waals surface area contributed by atoms with E-state index in [1.165, 1.54) is 12.1 Å². The van der Waals surface area contributed by atoms with Crippen molar-refractivity contribution < 1.29 is 19.1 Å². The number of aromatic nitrogens is 1. The molecule has 0 spiro atoms. The molecular formula is C15H19FN2O3. The average Bonchev–Trinajstić information content (AvgIpc) is 2.48. The van der Waals surface area contributed by atoms with Gasteiger partial charge in [0.25, 0.3) is 5.91 Å². The van der Waals surface area contributed by atoms with Gasteiger partial charge in [-0.25, -0.2) is 9.37 Å². The van der Waals surface area contributed by atoms with Crippen molar-refractivity contribution >= 4 is 11.9 Å². The van der Waals surface area contributed by atoms with E-state index in [-0.39, 0.29) is 11.6 Å². The molecule has 114 valence electrons. The summed E-state index contributed by atoms with van der Waals surface area (Å²) in [6.45, 7) is 2.75. The summed E-state index contributed by atoms with van der Waals surface area (Å²) in [6.07, 6.45) is 3.33. The quantitative estimate of drug-likeness (QED) is 0.925. The largest absolute Gasteiger partial charge is 0.481 e. The van der Waals surface area contributed by atoms with Crippen molar-refractivity contribution in [3.05, 3.63) is 29.8 Å². The van der Waals surface area contributed by atoms with E-state index in [1.54, 1.807) is 4.90 Å². The summed E-state index contributed by atoms with van der Waals surface area (Å²) in [4.78, 5) is 29.1. The zero-order valence-electron chi connectivity index (χ0n) is 12.0. The predicted molar refractivity (Wildman–Crippen MR) is 74.3 cm³/mol. The maximum atomic E-state index is 12.8. The van der Waals surface area contributed by atoms with Crippen LogP contribution in [0.2, 0.25) is 0 Å². The first-order chi connectivity index (χ1) is 9.98. The molecule has 0 bridgehead atoms. The van der Waals surface area contributed by atoms with E-state index in [1.807, 2.05) is 6.92 Å². The predicted octanol–water partition coefficient (Wildman–Crippen LogP) is 2.33. The summed E-state index contributed by atoms with van der Waals surface area (Å²) in [6, 6.07) is 2.55. The van der Waals surface area contributed by atoms with Crippen LogP contribution in [-0.2, 0) is 4.79 Å². The van der Waals surface area contributed by atoms with E-state index in [0.717, 1.165) is 12.6 Å². The molecule has 0 radical (unpaired) electrons. The van der Waals surface area contributed by atoms with Crippen LogP contribution >= 0.6 is 0 Å². The topological polar surface area (TPSA) is 70.5 Å². The van der Waals surface area contributed by atoms with Gasteiger partial charge in [0, 0.05) is 13.1 Å². The summed E-state index contributed by atoms with van der Waals surface area (Å²) >= 11 is 0. The molecule has 1 aliphatic heterocycles. The lowest BCUT2D eigenvalue weighted by Gasteiger charge is -2.38. The first-order valence-corrected chi connectivity index (χ1v) is 7.13. The standard InChI is InChI=1S/C15H19FN2O3/c1-2-5-15(14(20)21)6-8-18(9-7-15)13(19)12-4-3-11(16)10-17-12/h3-4,10H,2,5-9H2,1H3,(H,20,21). The minimum atomic E-state index is -0.781. The van der Waals surface area contributed by atoms with Gasteiger partial charge in [0.15, 0.2) is 0 Å². The Labute approximate surface area is 122 Å². The lowest BCUT2D eigenvalue weighted by molar-refractivity contribution is -0.152. The molecule has 21 heavy (non-hydrogen) atoms. The fraction of sp³-hybridized carbons (Fsp3) is 0.533. The van der Waals surface area contributed by atoms with E-state index >= 15 is 0 Å². The molecule has 2 heterocycles. The summed E-state index contributed by atoms with van der Waals surface area (Å²) in [5.41, 5.74) is -0.531. The SMILES string of the molecule is CCCC1(C(=O)O)CCN(C(=O)c2ccc(F)cn2)CC1. The second-order valence-corrected chi connectivity index (χ2v) is 5.49. The summed E-state index contributed by atoms with van der Waals surface area (Å²) in [5.74, 6) is -1.54. The van der Waals surface area contributed by atoms with Crippen LogP contribution in [0, 0.1) is 11.2 Å². The van der Waals surface area contributed by atoms with Crippen molar-refractivity contribution in [2.75, 3.05) is 13.1 Å². The molecule has 0 aromatic carbocycles. The molecule has 1 fully saturated rings. The number of hydrogen-bond acceptors (Lipinski definition) is 3. The molecular weight excluding hydrogens is 275 g/mol. The minimum absolute atomic E-state index is 0.190. The fourth-order valence-electron chi connectivity index (χ4n) is 2.85. The van der Waals surface area contributed by atoms with Crippen LogP contribution in [0.3, 0.4) is 0 Å².